The fourth-order valence-corrected chi connectivity index (χ4v) is 1.57. The van der Waals surface area contributed by atoms with Gasteiger partial charge < -0.3 is 0 Å². The normalized spacial score (nSPS) is 10.0. The molecule has 0 saturated carbocycles. The molecule has 0 fully saturated rings. The standard InChI is InChI=1S/C5H3N3S2/c1-4(6-2-9-1)5-7-3-10-8-5/h1-3H. The average Bonchev–Trinajstić information content (AvgIpc) is 2.59. The third-order valence-corrected chi connectivity index (χ3v) is 2.09. The Morgan fingerprint density at radius 2 is 2.20 bits per heavy atom. The van der Waals surface area contributed by atoms with Crippen LogP contribution in [0.4, 0.5) is 0 Å². The molecule has 0 aliphatic carbocycles. The first-order valence-corrected chi connectivity index (χ1v) is 4.39. The zero-order chi connectivity index (χ0) is 6.81. The molecule has 2 aromatic heterocycles. The molecule has 0 N–H and O–H groups in total. The maximum Gasteiger partial charge on any atom is 0.192 e. The van der Waals surface area contributed by atoms with Gasteiger partial charge in [0.1, 0.15) is 11.2 Å². The van der Waals surface area contributed by atoms with Gasteiger partial charge in [0, 0.05) is 5.38 Å². The molecule has 0 amide bonds. The second kappa shape index (κ2) is 2.43. The summed E-state index contributed by atoms with van der Waals surface area (Å²) in [5, 5.41) is 1.93. The fraction of sp³-hybridized carbons (Fsp3) is 0. The third kappa shape index (κ3) is 0.932. The Morgan fingerprint density at radius 1 is 1.20 bits per heavy atom. The molecule has 0 bridgehead atoms. The van der Waals surface area contributed by atoms with Crippen LogP contribution >= 0.6 is 22.9 Å². The maximum absolute atomic E-state index is 4.06. The molecule has 0 aliphatic rings. The molecule has 5 heteroatoms. The molecule has 2 heterocycles. The zero-order valence-electron chi connectivity index (χ0n) is 4.89. The minimum absolute atomic E-state index is 0.728. The lowest BCUT2D eigenvalue weighted by atomic mass is 10.5. The van der Waals surface area contributed by atoms with Crippen molar-refractivity contribution < 1.29 is 0 Å². The van der Waals surface area contributed by atoms with Crippen molar-refractivity contribution in [1.82, 2.24) is 14.3 Å². The van der Waals surface area contributed by atoms with Gasteiger partial charge in [0.15, 0.2) is 5.82 Å². The minimum Gasteiger partial charge on any atom is -0.241 e. The Morgan fingerprint density at radius 3 is 2.80 bits per heavy atom. The Kier molecular flexibility index (Phi) is 1.44. The lowest BCUT2D eigenvalue weighted by Gasteiger charge is -1.80. The number of hydrogen-bond acceptors (Lipinski definition) is 5. The molecule has 0 saturated heterocycles. The highest BCUT2D eigenvalue weighted by Gasteiger charge is 2.00. The summed E-state index contributed by atoms with van der Waals surface area (Å²) < 4.78 is 4.03. The molecule has 10 heavy (non-hydrogen) atoms. The van der Waals surface area contributed by atoms with Crippen LogP contribution in [0.5, 0.6) is 0 Å². The Labute approximate surface area is 65.6 Å². The SMILES string of the molecule is c1nc(-c2ncsn2)cs1. The van der Waals surface area contributed by atoms with Gasteiger partial charge >= 0.3 is 0 Å². The first-order valence-electron chi connectivity index (χ1n) is 2.62. The largest absolute Gasteiger partial charge is 0.241 e. The van der Waals surface area contributed by atoms with Crippen LogP contribution in [0, 0.1) is 0 Å². The van der Waals surface area contributed by atoms with E-state index < -0.39 is 0 Å². The van der Waals surface area contributed by atoms with Crippen molar-refractivity contribution >= 4 is 22.9 Å². The molecule has 2 aromatic rings. The van der Waals surface area contributed by atoms with Gasteiger partial charge in [-0.25, -0.2) is 9.97 Å². The van der Waals surface area contributed by atoms with E-state index in [0.29, 0.717) is 0 Å². The first kappa shape index (κ1) is 5.94. The minimum atomic E-state index is 0.728. The van der Waals surface area contributed by atoms with E-state index in [9.17, 15) is 0 Å². The van der Waals surface area contributed by atoms with Crippen LogP contribution in [0.3, 0.4) is 0 Å². The Balaban J connectivity index is 2.48. The van der Waals surface area contributed by atoms with E-state index >= 15 is 0 Å². The van der Waals surface area contributed by atoms with Crippen molar-refractivity contribution in [2.75, 3.05) is 0 Å². The summed E-state index contributed by atoms with van der Waals surface area (Å²) in [5.74, 6) is 0.728. The van der Waals surface area contributed by atoms with E-state index in [4.69, 9.17) is 0 Å². The van der Waals surface area contributed by atoms with E-state index in [2.05, 4.69) is 14.3 Å². The zero-order valence-corrected chi connectivity index (χ0v) is 6.52. The molecule has 0 aromatic carbocycles. The predicted molar refractivity (Wildman–Crippen MR) is 41.0 cm³/mol. The predicted octanol–water partition coefficient (Wildman–Crippen LogP) is 1.66. The lowest BCUT2D eigenvalue weighted by Crippen LogP contribution is -1.76. The number of thiazole rings is 1. The molecule has 0 atom stereocenters. The summed E-state index contributed by atoms with van der Waals surface area (Å²) in [7, 11) is 0. The first-order chi connectivity index (χ1) is 4.97. The highest BCUT2D eigenvalue weighted by atomic mass is 32.1. The fourth-order valence-electron chi connectivity index (χ4n) is 0.606. The van der Waals surface area contributed by atoms with E-state index in [0.717, 1.165) is 11.5 Å². The summed E-state index contributed by atoms with van der Waals surface area (Å²) in [6.45, 7) is 0. The summed E-state index contributed by atoms with van der Waals surface area (Å²) >= 11 is 2.89. The smallest absolute Gasteiger partial charge is 0.192 e. The van der Waals surface area contributed by atoms with Crippen LogP contribution in [0.15, 0.2) is 16.4 Å². The second-order valence-electron chi connectivity index (χ2n) is 1.63. The highest BCUT2D eigenvalue weighted by Crippen LogP contribution is 2.14. The van der Waals surface area contributed by atoms with Crippen molar-refractivity contribution in [3.05, 3.63) is 16.4 Å². The average molecular weight is 169 g/mol. The van der Waals surface area contributed by atoms with Crippen molar-refractivity contribution in [3.8, 4) is 11.5 Å². The maximum atomic E-state index is 4.06. The van der Waals surface area contributed by atoms with E-state index in [1.54, 1.807) is 22.4 Å². The van der Waals surface area contributed by atoms with Gasteiger partial charge in [-0.2, -0.15) is 4.37 Å². The summed E-state index contributed by atoms with van der Waals surface area (Å²) in [6.07, 6.45) is 0. The molecule has 0 aliphatic heterocycles. The topological polar surface area (TPSA) is 38.7 Å². The molecule has 0 spiro atoms. The molecular weight excluding hydrogens is 166 g/mol. The van der Waals surface area contributed by atoms with E-state index in [1.807, 2.05) is 5.38 Å². The molecule has 0 radical (unpaired) electrons. The van der Waals surface area contributed by atoms with Gasteiger partial charge in [0.2, 0.25) is 0 Å². The van der Waals surface area contributed by atoms with Crippen LogP contribution in [0.2, 0.25) is 0 Å². The van der Waals surface area contributed by atoms with Crippen molar-refractivity contribution in [2.45, 2.75) is 0 Å². The van der Waals surface area contributed by atoms with Crippen LogP contribution in [0.25, 0.3) is 11.5 Å². The van der Waals surface area contributed by atoms with Crippen LogP contribution in [-0.4, -0.2) is 14.3 Å². The van der Waals surface area contributed by atoms with Gasteiger partial charge in [-0.3, -0.25) is 0 Å². The molecular formula is C5H3N3S2. The quantitative estimate of drug-likeness (QED) is 0.651. The lowest BCUT2D eigenvalue weighted by molar-refractivity contribution is 1.27. The molecule has 3 nitrogen and oxygen atoms in total. The number of hydrogen-bond donors (Lipinski definition) is 0. The van der Waals surface area contributed by atoms with Gasteiger partial charge in [-0.15, -0.1) is 11.3 Å². The monoisotopic (exact) mass is 169 g/mol. The summed E-state index contributed by atoms with van der Waals surface area (Å²) in [6, 6.07) is 0. The van der Waals surface area contributed by atoms with E-state index in [-0.39, 0.29) is 0 Å². The number of aromatic nitrogens is 3. The Hall–Kier alpha value is -0.810. The number of nitrogens with zero attached hydrogens (tertiary/aromatic N) is 3. The van der Waals surface area contributed by atoms with Gasteiger partial charge in [0.25, 0.3) is 0 Å². The van der Waals surface area contributed by atoms with Crippen molar-refractivity contribution in [2.24, 2.45) is 0 Å². The number of rotatable bonds is 1. The van der Waals surface area contributed by atoms with Gasteiger partial charge in [-0.05, 0) is 11.5 Å². The molecule has 50 valence electrons. The Bertz CT molecular complexity index is 254. The highest BCUT2D eigenvalue weighted by molar-refractivity contribution is 7.08. The van der Waals surface area contributed by atoms with Crippen LogP contribution < -0.4 is 0 Å². The molecule has 2 rings (SSSR count). The van der Waals surface area contributed by atoms with Crippen LogP contribution in [-0.2, 0) is 0 Å². The van der Waals surface area contributed by atoms with Crippen molar-refractivity contribution in [1.29, 1.82) is 0 Å². The van der Waals surface area contributed by atoms with Gasteiger partial charge in [-0.1, -0.05) is 0 Å². The second-order valence-corrected chi connectivity index (χ2v) is 2.95. The third-order valence-electron chi connectivity index (χ3n) is 1.02. The van der Waals surface area contributed by atoms with Crippen molar-refractivity contribution in [3.63, 3.8) is 0 Å². The van der Waals surface area contributed by atoms with Gasteiger partial charge in [0.05, 0.1) is 5.51 Å². The molecule has 0 unspecified atom stereocenters. The summed E-state index contributed by atoms with van der Waals surface area (Å²) in [4.78, 5) is 8.07. The summed E-state index contributed by atoms with van der Waals surface area (Å²) in [5.41, 5.74) is 4.34. The van der Waals surface area contributed by atoms with Crippen LogP contribution in [0.1, 0.15) is 0 Å². The van der Waals surface area contributed by atoms with E-state index in [1.165, 1.54) is 11.5 Å².